The molecular weight excluding hydrogens is 315 g/mol. The van der Waals surface area contributed by atoms with E-state index < -0.39 is 18.3 Å². The Labute approximate surface area is 138 Å². The summed E-state index contributed by atoms with van der Waals surface area (Å²) in [7, 11) is 1.56. The molecule has 2 aromatic carbocycles. The van der Waals surface area contributed by atoms with Crippen molar-refractivity contribution in [2.24, 2.45) is 0 Å². The molecule has 2 aromatic rings. The molecule has 0 bridgehead atoms. The number of nitrogens with one attached hydrogen (secondary N) is 2. The van der Waals surface area contributed by atoms with E-state index in [0.717, 1.165) is 5.56 Å². The van der Waals surface area contributed by atoms with Crippen LogP contribution in [0.5, 0.6) is 11.5 Å². The van der Waals surface area contributed by atoms with Crippen molar-refractivity contribution in [3.8, 4) is 11.5 Å². The Bertz CT molecular complexity index is 704. The fourth-order valence-corrected chi connectivity index (χ4v) is 1.85. The van der Waals surface area contributed by atoms with Crippen molar-refractivity contribution in [2.75, 3.05) is 13.7 Å². The number of amides is 2. The molecule has 2 N–H and O–H groups in total. The average Bonchev–Trinajstić information content (AvgIpc) is 2.60. The smallest absolute Gasteiger partial charge is 0.276 e. The first-order chi connectivity index (χ1) is 11.6. The van der Waals surface area contributed by atoms with Gasteiger partial charge in [-0.3, -0.25) is 20.4 Å². The maximum atomic E-state index is 13.3. The lowest BCUT2D eigenvalue weighted by Crippen LogP contribution is -2.44. The molecule has 2 amide bonds. The van der Waals surface area contributed by atoms with Crippen LogP contribution in [0.2, 0.25) is 0 Å². The van der Waals surface area contributed by atoms with E-state index in [0.29, 0.717) is 5.75 Å². The molecule has 126 valence electrons. The van der Waals surface area contributed by atoms with Crippen LogP contribution in [0.1, 0.15) is 5.56 Å². The van der Waals surface area contributed by atoms with Crippen molar-refractivity contribution in [3.63, 3.8) is 0 Å². The molecule has 2 rings (SSSR count). The van der Waals surface area contributed by atoms with E-state index >= 15 is 0 Å². The number of para-hydroxylation sites is 1. The van der Waals surface area contributed by atoms with E-state index in [-0.39, 0.29) is 18.1 Å². The number of hydrogen-bond acceptors (Lipinski definition) is 4. The number of rotatable bonds is 6. The zero-order valence-corrected chi connectivity index (χ0v) is 13.0. The largest absolute Gasteiger partial charge is 0.497 e. The van der Waals surface area contributed by atoms with E-state index in [4.69, 9.17) is 9.47 Å². The van der Waals surface area contributed by atoms with E-state index in [2.05, 4.69) is 10.9 Å². The second kappa shape index (κ2) is 8.52. The molecular formula is C17H17FN2O4. The zero-order chi connectivity index (χ0) is 17.4. The van der Waals surface area contributed by atoms with Crippen LogP contribution in [0.3, 0.4) is 0 Å². The number of hydrazine groups is 1. The molecule has 0 fully saturated rings. The van der Waals surface area contributed by atoms with Gasteiger partial charge in [-0.15, -0.1) is 0 Å². The summed E-state index contributed by atoms with van der Waals surface area (Å²) < 4.78 is 23.4. The third-order valence-electron chi connectivity index (χ3n) is 3.06. The van der Waals surface area contributed by atoms with Gasteiger partial charge in [-0.05, 0) is 29.8 Å². The van der Waals surface area contributed by atoms with Gasteiger partial charge in [0.05, 0.1) is 13.5 Å². The highest BCUT2D eigenvalue weighted by molar-refractivity contribution is 5.83. The van der Waals surface area contributed by atoms with Crippen LogP contribution in [-0.2, 0) is 16.0 Å². The lowest BCUT2D eigenvalue weighted by atomic mass is 10.1. The van der Waals surface area contributed by atoms with Gasteiger partial charge in [0.25, 0.3) is 5.91 Å². The molecule has 24 heavy (non-hydrogen) atoms. The van der Waals surface area contributed by atoms with Crippen LogP contribution >= 0.6 is 0 Å². The Kier molecular flexibility index (Phi) is 6.13. The van der Waals surface area contributed by atoms with Crippen LogP contribution in [0.15, 0.2) is 48.5 Å². The second-order valence-electron chi connectivity index (χ2n) is 4.84. The van der Waals surface area contributed by atoms with Crippen LogP contribution < -0.4 is 20.3 Å². The van der Waals surface area contributed by atoms with Gasteiger partial charge < -0.3 is 9.47 Å². The monoisotopic (exact) mass is 332 g/mol. The number of methoxy groups -OCH3 is 1. The zero-order valence-electron chi connectivity index (χ0n) is 13.0. The Morgan fingerprint density at radius 3 is 2.33 bits per heavy atom. The lowest BCUT2D eigenvalue weighted by Gasteiger charge is -2.09. The number of carbonyl (C=O) groups excluding carboxylic acids is 2. The Morgan fingerprint density at radius 1 is 1.00 bits per heavy atom. The molecule has 0 unspecified atom stereocenters. The van der Waals surface area contributed by atoms with Gasteiger partial charge in [0.2, 0.25) is 5.91 Å². The molecule has 0 aliphatic heterocycles. The summed E-state index contributed by atoms with van der Waals surface area (Å²) in [6.45, 7) is -0.413. The van der Waals surface area contributed by atoms with E-state index in [1.54, 1.807) is 37.4 Å². The first kappa shape index (κ1) is 17.3. The fraction of sp³-hybridized carbons (Fsp3) is 0.176. The molecule has 0 heterocycles. The molecule has 0 aliphatic carbocycles. The van der Waals surface area contributed by atoms with Crippen LogP contribution in [-0.4, -0.2) is 25.5 Å². The average molecular weight is 332 g/mol. The molecule has 0 aromatic heterocycles. The van der Waals surface area contributed by atoms with Crippen LogP contribution in [0.4, 0.5) is 4.39 Å². The first-order valence-corrected chi connectivity index (χ1v) is 7.16. The molecule has 0 radical (unpaired) electrons. The SMILES string of the molecule is COc1ccc(CC(=O)NNC(=O)COc2ccccc2F)cc1. The Morgan fingerprint density at radius 2 is 1.67 bits per heavy atom. The predicted octanol–water partition coefficient (Wildman–Crippen LogP) is 1.60. The minimum atomic E-state index is -0.596. The van der Waals surface area contributed by atoms with Gasteiger partial charge >= 0.3 is 0 Å². The molecule has 0 saturated heterocycles. The van der Waals surface area contributed by atoms with Crippen molar-refractivity contribution in [1.82, 2.24) is 10.9 Å². The summed E-state index contributed by atoms with van der Waals surface area (Å²) in [5, 5.41) is 0. The quantitative estimate of drug-likeness (QED) is 0.788. The number of benzene rings is 2. The summed E-state index contributed by atoms with van der Waals surface area (Å²) in [5.41, 5.74) is 5.24. The van der Waals surface area contributed by atoms with Crippen molar-refractivity contribution >= 4 is 11.8 Å². The maximum absolute atomic E-state index is 13.3. The minimum absolute atomic E-state index is 0.0304. The summed E-state index contributed by atoms with van der Waals surface area (Å²) >= 11 is 0. The summed E-state index contributed by atoms with van der Waals surface area (Å²) in [5.74, 6) is -0.885. The lowest BCUT2D eigenvalue weighted by molar-refractivity contribution is -0.129. The third-order valence-corrected chi connectivity index (χ3v) is 3.06. The molecule has 6 nitrogen and oxygen atoms in total. The van der Waals surface area contributed by atoms with Crippen molar-refractivity contribution in [1.29, 1.82) is 0 Å². The number of halogens is 1. The van der Waals surface area contributed by atoms with E-state index in [1.807, 2.05) is 0 Å². The molecule has 0 saturated carbocycles. The number of hydrogen-bond donors (Lipinski definition) is 2. The summed E-state index contributed by atoms with van der Waals surface area (Å²) in [4.78, 5) is 23.3. The predicted molar refractivity (Wildman–Crippen MR) is 84.9 cm³/mol. The second-order valence-corrected chi connectivity index (χ2v) is 4.84. The normalized spacial score (nSPS) is 9.92. The Hall–Kier alpha value is -3.09. The maximum Gasteiger partial charge on any atom is 0.276 e. The van der Waals surface area contributed by atoms with Crippen LogP contribution in [0, 0.1) is 5.82 Å². The van der Waals surface area contributed by atoms with Gasteiger partial charge in [-0.1, -0.05) is 24.3 Å². The highest BCUT2D eigenvalue weighted by Crippen LogP contribution is 2.14. The molecule has 0 atom stereocenters. The highest BCUT2D eigenvalue weighted by atomic mass is 19.1. The van der Waals surface area contributed by atoms with Gasteiger partial charge in [0.15, 0.2) is 18.2 Å². The standard InChI is InChI=1S/C17H17FN2O4/c1-23-13-8-6-12(7-9-13)10-16(21)19-20-17(22)11-24-15-5-3-2-4-14(15)18/h2-9H,10-11H2,1H3,(H,19,21)(H,20,22). The third kappa shape index (κ3) is 5.28. The number of ether oxygens (including phenoxy) is 2. The van der Waals surface area contributed by atoms with Gasteiger partial charge in [0.1, 0.15) is 5.75 Å². The molecule has 0 aliphatic rings. The van der Waals surface area contributed by atoms with Crippen molar-refractivity contribution in [2.45, 2.75) is 6.42 Å². The topological polar surface area (TPSA) is 76.7 Å². The van der Waals surface area contributed by atoms with Gasteiger partial charge in [0, 0.05) is 0 Å². The van der Waals surface area contributed by atoms with E-state index in [1.165, 1.54) is 18.2 Å². The first-order valence-electron chi connectivity index (χ1n) is 7.16. The fourth-order valence-electron chi connectivity index (χ4n) is 1.85. The molecule has 0 spiro atoms. The Balaban J connectivity index is 1.72. The van der Waals surface area contributed by atoms with Crippen molar-refractivity contribution < 1.29 is 23.5 Å². The van der Waals surface area contributed by atoms with E-state index in [9.17, 15) is 14.0 Å². The number of carbonyl (C=O) groups is 2. The van der Waals surface area contributed by atoms with Gasteiger partial charge in [-0.2, -0.15) is 0 Å². The molecule has 7 heteroatoms. The summed E-state index contributed by atoms with van der Waals surface area (Å²) in [6.07, 6.45) is 0.0957. The highest BCUT2D eigenvalue weighted by Gasteiger charge is 2.08. The summed E-state index contributed by atoms with van der Waals surface area (Å²) in [6, 6.07) is 12.7. The van der Waals surface area contributed by atoms with Crippen LogP contribution in [0.25, 0.3) is 0 Å². The minimum Gasteiger partial charge on any atom is -0.497 e. The van der Waals surface area contributed by atoms with Crippen molar-refractivity contribution in [3.05, 3.63) is 59.9 Å². The van der Waals surface area contributed by atoms with Gasteiger partial charge in [-0.25, -0.2) is 4.39 Å².